The van der Waals surface area contributed by atoms with Gasteiger partial charge < -0.3 is 0 Å². The standard InChI is InChI=1S/C16H11Br2FS/c1-9-5-6-11(14(19)7-9)15(18)12-8-20-16-10(12)3-2-4-13(16)17/h2-8,15H,1H3. The van der Waals surface area contributed by atoms with E-state index in [0.717, 1.165) is 21.0 Å². The number of alkyl halides is 1. The number of benzene rings is 2. The molecule has 1 aromatic heterocycles. The number of rotatable bonds is 2. The summed E-state index contributed by atoms with van der Waals surface area (Å²) >= 11 is 8.88. The summed E-state index contributed by atoms with van der Waals surface area (Å²) in [4.78, 5) is -0.133. The molecular formula is C16H11Br2FS. The number of halogens is 3. The Morgan fingerprint density at radius 1 is 1.15 bits per heavy atom. The molecule has 0 aliphatic rings. The van der Waals surface area contributed by atoms with Gasteiger partial charge in [0.15, 0.2) is 0 Å². The molecule has 4 heteroatoms. The van der Waals surface area contributed by atoms with Crippen LogP contribution in [0.3, 0.4) is 0 Å². The minimum absolute atomic E-state index is 0.133. The van der Waals surface area contributed by atoms with Crippen LogP contribution in [0.25, 0.3) is 10.1 Å². The average molecular weight is 414 g/mol. The van der Waals surface area contributed by atoms with Crippen molar-refractivity contribution >= 4 is 53.3 Å². The van der Waals surface area contributed by atoms with Gasteiger partial charge in [0.25, 0.3) is 0 Å². The lowest BCUT2D eigenvalue weighted by molar-refractivity contribution is 0.612. The zero-order valence-corrected chi connectivity index (χ0v) is 14.6. The second kappa shape index (κ2) is 5.58. The van der Waals surface area contributed by atoms with Crippen molar-refractivity contribution in [2.75, 3.05) is 0 Å². The quantitative estimate of drug-likeness (QED) is 0.415. The van der Waals surface area contributed by atoms with Crippen LogP contribution in [0.15, 0.2) is 46.3 Å². The van der Waals surface area contributed by atoms with E-state index in [9.17, 15) is 4.39 Å². The summed E-state index contributed by atoms with van der Waals surface area (Å²) in [5, 5.41) is 3.25. The molecular weight excluding hydrogens is 403 g/mol. The molecule has 1 heterocycles. The first-order valence-corrected chi connectivity index (χ1v) is 8.72. The fourth-order valence-corrected chi connectivity index (χ4v) is 4.82. The van der Waals surface area contributed by atoms with E-state index >= 15 is 0 Å². The van der Waals surface area contributed by atoms with Crippen molar-refractivity contribution in [1.82, 2.24) is 0 Å². The van der Waals surface area contributed by atoms with Crippen molar-refractivity contribution in [3.8, 4) is 0 Å². The van der Waals surface area contributed by atoms with Crippen LogP contribution in [0.5, 0.6) is 0 Å². The topological polar surface area (TPSA) is 0 Å². The Morgan fingerprint density at radius 2 is 1.95 bits per heavy atom. The molecule has 0 aliphatic heterocycles. The van der Waals surface area contributed by atoms with E-state index in [4.69, 9.17) is 0 Å². The molecule has 1 unspecified atom stereocenters. The summed E-state index contributed by atoms with van der Waals surface area (Å²) in [6, 6.07) is 11.5. The molecule has 0 bridgehead atoms. The van der Waals surface area contributed by atoms with E-state index in [1.807, 2.05) is 31.2 Å². The maximum Gasteiger partial charge on any atom is 0.128 e. The van der Waals surface area contributed by atoms with Gasteiger partial charge in [-0.25, -0.2) is 4.39 Å². The molecule has 0 amide bonds. The van der Waals surface area contributed by atoms with Gasteiger partial charge in [0.05, 0.1) is 4.83 Å². The highest BCUT2D eigenvalue weighted by Crippen LogP contribution is 2.41. The van der Waals surface area contributed by atoms with Gasteiger partial charge in [0, 0.05) is 14.7 Å². The van der Waals surface area contributed by atoms with Crippen LogP contribution >= 0.6 is 43.2 Å². The summed E-state index contributed by atoms with van der Waals surface area (Å²) in [6.07, 6.45) is 0. The van der Waals surface area contributed by atoms with Crippen LogP contribution in [0.1, 0.15) is 21.5 Å². The highest BCUT2D eigenvalue weighted by Gasteiger charge is 2.19. The maximum absolute atomic E-state index is 14.1. The van der Waals surface area contributed by atoms with Crippen LogP contribution in [0, 0.1) is 12.7 Å². The maximum atomic E-state index is 14.1. The number of fused-ring (bicyclic) bond motifs is 1. The van der Waals surface area contributed by atoms with Crippen molar-refractivity contribution in [2.45, 2.75) is 11.8 Å². The third kappa shape index (κ3) is 2.45. The molecule has 0 spiro atoms. The molecule has 0 nitrogen and oxygen atoms in total. The molecule has 0 aliphatic carbocycles. The normalized spacial score (nSPS) is 12.8. The Bertz CT molecular complexity index is 779. The van der Waals surface area contributed by atoms with Gasteiger partial charge in [-0.1, -0.05) is 40.2 Å². The molecule has 0 saturated heterocycles. The molecule has 0 radical (unpaired) electrons. The average Bonchev–Trinajstić information content (AvgIpc) is 2.83. The fourth-order valence-electron chi connectivity index (χ4n) is 2.24. The van der Waals surface area contributed by atoms with Crippen molar-refractivity contribution in [3.63, 3.8) is 0 Å². The minimum atomic E-state index is -0.166. The zero-order valence-electron chi connectivity index (χ0n) is 10.7. The summed E-state index contributed by atoms with van der Waals surface area (Å²) < 4.78 is 16.4. The minimum Gasteiger partial charge on any atom is -0.207 e. The highest BCUT2D eigenvalue weighted by molar-refractivity contribution is 9.10. The third-order valence-corrected chi connectivity index (χ3v) is 6.24. The molecule has 20 heavy (non-hydrogen) atoms. The smallest absolute Gasteiger partial charge is 0.128 e. The number of hydrogen-bond acceptors (Lipinski definition) is 1. The van der Waals surface area contributed by atoms with Crippen LogP contribution in [-0.4, -0.2) is 0 Å². The van der Waals surface area contributed by atoms with Crippen LogP contribution < -0.4 is 0 Å². The lowest BCUT2D eigenvalue weighted by atomic mass is 10.0. The lowest BCUT2D eigenvalue weighted by Crippen LogP contribution is -1.96. The fraction of sp³-hybridized carbons (Fsp3) is 0.125. The lowest BCUT2D eigenvalue weighted by Gasteiger charge is -2.11. The van der Waals surface area contributed by atoms with Gasteiger partial charge in [-0.15, -0.1) is 11.3 Å². The van der Waals surface area contributed by atoms with Gasteiger partial charge in [-0.2, -0.15) is 0 Å². The first kappa shape index (κ1) is 14.2. The first-order chi connectivity index (χ1) is 9.58. The summed E-state index contributed by atoms with van der Waals surface area (Å²) in [5.41, 5.74) is 2.72. The Hall–Kier alpha value is -0.710. The van der Waals surface area contributed by atoms with Crippen LogP contribution in [0.2, 0.25) is 0 Å². The second-order valence-electron chi connectivity index (χ2n) is 4.70. The van der Waals surface area contributed by atoms with E-state index in [2.05, 4.69) is 43.3 Å². The Morgan fingerprint density at radius 3 is 2.70 bits per heavy atom. The molecule has 0 N–H and O–H groups in total. The molecule has 2 aromatic carbocycles. The van der Waals surface area contributed by atoms with Gasteiger partial charge >= 0.3 is 0 Å². The molecule has 102 valence electrons. The largest absolute Gasteiger partial charge is 0.207 e. The van der Waals surface area contributed by atoms with Gasteiger partial charge in [0.2, 0.25) is 0 Å². The summed E-state index contributed by atoms with van der Waals surface area (Å²) in [5.74, 6) is -0.166. The monoisotopic (exact) mass is 412 g/mol. The summed E-state index contributed by atoms with van der Waals surface area (Å²) in [7, 11) is 0. The zero-order chi connectivity index (χ0) is 14.3. The second-order valence-corrected chi connectivity index (χ2v) is 7.34. The van der Waals surface area contributed by atoms with Crippen molar-refractivity contribution in [3.05, 3.63) is 68.8 Å². The predicted octanol–water partition coefficient (Wildman–Crippen LogP) is 6.60. The molecule has 0 fully saturated rings. The number of hydrogen-bond donors (Lipinski definition) is 0. The molecule has 3 rings (SSSR count). The molecule has 3 aromatic rings. The Kier molecular flexibility index (Phi) is 3.98. The first-order valence-electron chi connectivity index (χ1n) is 6.13. The van der Waals surface area contributed by atoms with Crippen molar-refractivity contribution in [2.24, 2.45) is 0 Å². The van der Waals surface area contributed by atoms with E-state index in [1.165, 1.54) is 4.70 Å². The Labute approximate surface area is 137 Å². The van der Waals surface area contributed by atoms with Crippen LogP contribution in [0.4, 0.5) is 4.39 Å². The molecule has 0 saturated carbocycles. The summed E-state index contributed by atoms with van der Waals surface area (Å²) in [6.45, 7) is 1.90. The van der Waals surface area contributed by atoms with E-state index in [0.29, 0.717) is 5.56 Å². The van der Waals surface area contributed by atoms with E-state index in [-0.39, 0.29) is 10.6 Å². The van der Waals surface area contributed by atoms with Crippen molar-refractivity contribution < 1.29 is 4.39 Å². The molecule has 1 atom stereocenters. The Balaban J connectivity index is 2.13. The van der Waals surface area contributed by atoms with E-state index < -0.39 is 0 Å². The number of aryl methyl sites for hydroxylation is 1. The predicted molar refractivity (Wildman–Crippen MR) is 91.4 cm³/mol. The third-order valence-electron chi connectivity index (χ3n) is 3.28. The van der Waals surface area contributed by atoms with Crippen LogP contribution in [-0.2, 0) is 0 Å². The van der Waals surface area contributed by atoms with Gasteiger partial charge in [-0.05, 0) is 56.9 Å². The number of thiophene rings is 1. The van der Waals surface area contributed by atoms with E-state index in [1.54, 1.807) is 17.4 Å². The highest BCUT2D eigenvalue weighted by atomic mass is 79.9. The SMILES string of the molecule is Cc1ccc(C(Br)c2csc3c(Br)cccc23)c(F)c1. The van der Waals surface area contributed by atoms with Gasteiger partial charge in [-0.3, -0.25) is 0 Å². The van der Waals surface area contributed by atoms with Crippen molar-refractivity contribution in [1.29, 1.82) is 0 Å². The van der Waals surface area contributed by atoms with Gasteiger partial charge in [0.1, 0.15) is 5.82 Å².